The van der Waals surface area contributed by atoms with Gasteiger partial charge in [-0.05, 0) is 34.4 Å². The molecular formula is C24H18Cl2N2O3. The van der Waals surface area contributed by atoms with Crippen LogP contribution in [0.3, 0.4) is 0 Å². The molecule has 2 atom stereocenters. The van der Waals surface area contributed by atoms with Gasteiger partial charge in [0.15, 0.2) is 0 Å². The van der Waals surface area contributed by atoms with Gasteiger partial charge in [-0.3, -0.25) is 4.79 Å². The molecule has 1 heterocycles. The van der Waals surface area contributed by atoms with Gasteiger partial charge in [0.2, 0.25) is 5.91 Å². The molecule has 0 saturated heterocycles. The van der Waals surface area contributed by atoms with Gasteiger partial charge in [0.05, 0.1) is 12.0 Å². The molecular weight excluding hydrogens is 435 g/mol. The van der Waals surface area contributed by atoms with Gasteiger partial charge in [0.1, 0.15) is 6.04 Å². The number of hydrogen-bond donors (Lipinski definition) is 3. The highest BCUT2D eigenvalue weighted by Gasteiger charge is 2.38. The number of fused-ring (bicyclic) bond motifs is 4. The van der Waals surface area contributed by atoms with Gasteiger partial charge in [-0.1, -0.05) is 71.7 Å². The van der Waals surface area contributed by atoms with Crippen molar-refractivity contribution in [2.45, 2.75) is 24.4 Å². The van der Waals surface area contributed by atoms with Crippen LogP contribution < -0.4 is 10.6 Å². The van der Waals surface area contributed by atoms with Gasteiger partial charge in [-0.15, -0.1) is 0 Å². The second-order valence-corrected chi connectivity index (χ2v) is 8.63. The summed E-state index contributed by atoms with van der Waals surface area (Å²) in [7, 11) is 0. The highest BCUT2D eigenvalue weighted by Crippen LogP contribution is 2.46. The number of aliphatic carboxylic acids is 1. The number of anilines is 1. The van der Waals surface area contributed by atoms with Crippen molar-refractivity contribution in [2.24, 2.45) is 0 Å². The van der Waals surface area contributed by atoms with Gasteiger partial charge in [0.25, 0.3) is 0 Å². The fraction of sp³-hybridized carbons (Fsp3) is 0.167. The first-order valence-corrected chi connectivity index (χ1v) is 10.7. The van der Waals surface area contributed by atoms with E-state index in [0.717, 1.165) is 22.3 Å². The molecule has 31 heavy (non-hydrogen) atoms. The van der Waals surface area contributed by atoms with Gasteiger partial charge in [-0.25, -0.2) is 4.79 Å². The van der Waals surface area contributed by atoms with Crippen molar-refractivity contribution in [3.05, 3.63) is 87.4 Å². The maximum Gasteiger partial charge on any atom is 0.326 e. The molecule has 0 spiro atoms. The lowest BCUT2D eigenvalue weighted by Gasteiger charge is -2.33. The molecule has 2 unspecified atom stereocenters. The van der Waals surface area contributed by atoms with E-state index in [1.54, 1.807) is 12.1 Å². The van der Waals surface area contributed by atoms with E-state index in [1.165, 1.54) is 0 Å². The molecule has 3 aromatic carbocycles. The zero-order chi connectivity index (χ0) is 21.7. The first kappa shape index (κ1) is 19.9. The number of carbonyl (C=O) groups excluding carboxylic acids is 1. The molecule has 1 amide bonds. The topological polar surface area (TPSA) is 78.4 Å². The fourth-order valence-corrected chi connectivity index (χ4v) is 5.27. The Morgan fingerprint density at radius 2 is 1.58 bits per heavy atom. The van der Waals surface area contributed by atoms with E-state index in [-0.39, 0.29) is 12.3 Å². The summed E-state index contributed by atoms with van der Waals surface area (Å²) in [6.45, 7) is 0. The minimum atomic E-state index is -1.00. The molecule has 156 valence electrons. The van der Waals surface area contributed by atoms with Crippen LogP contribution in [0.5, 0.6) is 0 Å². The molecule has 0 aromatic heterocycles. The molecule has 7 heteroatoms. The standard InChI is InChI=1S/C24H18Cl2N2O3/c25-12-9-17(26)22-18(10-12)27-20(24(30)31)11-19(22)28-23(29)21-15-7-3-1-5-13(15)14-6-2-4-8-16(14)21/h1-10,19-21,27H,11H2,(H,28,29)(H,30,31). The van der Waals surface area contributed by atoms with Crippen molar-refractivity contribution in [3.63, 3.8) is 0 Å². The van der Waals surface area contributed by atoms with E-state index in [2.05, 4.69) is 10.6 Å². The molecule has 0 fully saturated rings. The van der Waals surface area contributed by atoms with Crippen molar-refractivity contribution in [1.82, 2.24) is 5.32 Å². The molecule has 1 aliphatic heterocycles. The van der Waals surface area contributed by atoms with Gasteiger partial charge >= 0.3 is 5.97 Å². The second-order valence-electron chi connectivity index (χ2n) is 7.79. The van der Waals surface area contributed by atoms with E-state index in [9.17, 15) is 14.7 Å². The highest BCUT2D eigenvalue weighted by atomic mass is 35.5. The summed E-state index contributed by atoms with van der Waals surface area (Å²) in [4.78, 5) is 25.3. The number of rotatable bonds is 3. The average molecular weight is 453 g/mol. The van der Waals surface area contributed by atoms with Crippen molar-refractivity contribution in [2.75, 3.05) is 5.32 Å². The summed E-state index contributed by atoms with van der Waals surface area (Å²) in [5.74, 6) is -1.66. The zero-order valence-corrected chi connectivity index (χ0v) is 17.7. The van der Waals surface area contributed by atoms with Crippen LogP contribution in [0.1, 0.15) is 35.1 Å². The molecule has 3 aromatic rings. The lowest BCUT2D eigenvalue weighted by Crippen LogP contribution is -2.42. The Balaban J connectivity index is 1.53. The van der Waals surface area contributed by atoms with Crippen LogP contribution in [0.2, 0.25) is 10.0 Å². The highest BCUT2D eigenvalue weighted by molar-refractivity contribution is 6.35. The molecule has 2 aliphatic rings. The molecule has 3 N–H and O–H groups in total. The van der Waals surface area contributed by atoms with Crippen LogP contribution in [0.4, 0.5) is 5.69 Å². The fourth-order valence-electron chi connectivity index (χ4n) is 4.65. The van der Waals surface area contributed by atoms with Crippen molar-refractivity contribution >= 4 is 40.8 Å². The van der Waals surface area contributed by atoms with Crippen LogP contribution in [0.25, 0.3) is 11.1 Å². The third-order valence-corrected chi connectivity index (χ3v) is 6.49. The first-order chi connectivity index (χ1) is 14.9. The smallest absolute Gasteiger partial charge is 0.326 e. The largest absolute Gasteiger partial charge is 0.480 e. The Bertz CT molecular complexity index is 1180. The predicted molar refractivity (Wildman–Crippen MR) is 121 cm³/mol. The van der Waals surface area contributed by atoms with E-state index >= 15 is 0 Å². The molecule has 0 radical (unpaired) electrons. The van der Waals surface area contributed by atoms with Crippen molar-refractivity contribution < 1.29 is 14.7 Å². The van der Waals surface area contributed by atoms with Gasteiger partial charge in [0, 0.05) is 27.7 Å². The Morgan fingerprint density at radius 3 is 2.19 bits per heavy atom. The van der Waals surface area contributed by atoms with E-state index < -0.39 is 24.0 Å². The van der Waals surface area contributed by atoms with E-state index in [1.807, 2.05) is 48.5 Å². The number of amides is 1. The molecule has 5 nitrogen and oxygen atoms in total. The van der Waals surface area contributed by atoms with Crippen molar-refractivity contribution in [1.29, 1.82) is 0 Å². The maximum atomic E-state index is 13.6. The summed E-state index contributed by atoms with van der Waals surface area (Å²) in [5, 5.41) is 16.4. The number of halogens is 2. The second kappa shape index (κ2) is 7.59. The molecule has 0 saturated carbocycles. The number of carbonyl (C=O) groups is 2. The minimum absolute atomic E-state index is 0.172. The summed E-state index contributed by atoms with van der Waals surface area (Å²) in [5.41, 5.74) is 5.12. The summed E-state index contributed by atoms with van der Waals surface area (Å²) >= 11 is 12.6. The maximum absolute atomic E-state index is 13.6. The monoisotopic (exact) mass is 452 g/mol. The Kier molecular flexibility index (Phi) is 4.88. The van der Waals surface area contributed by atoms with Crippen LogP contribution in [0, 0.1) is 0 Å². The number of hydrogen-bond acceptors (Lipinski definition) is 3. The summed E-state index contributed by atoms with van der Waals surface area (Å²) in [6, 6.07) is 17.5. The number of benzene rings is 3. The Hall–Kier alpha value is -3.02. The lowest BCUT2D eigenvalue weighted by molar-refractivity contribution is -0.138. The minimum Gasteiger partial charge on any atom is -0.480 e. The van der Waals surface area contributed by atoms with Gasteiger partial charge < -0.3 is 15.7 Å². The third kappa shape index (κ3) is 3.34. The Labute approximate surface area is 189 Å². The number of carboxylic acid groups (broad SMARTS) is 1. The van der Waals surface area contributed by atoms with Crippen LogP contribution in [0.15, 0.2) is 60.7 Å². The van der Waals surface area contributed by atoms with Crippen LogP contribution in [-0.2, 0) is 9.59 Å². The van der Waals surface area contributed by atoms with E-state index in [4.69, 9.17) is 23.2 Å². The molecule has 5 rings (SSSR count). The lowest BCUT2D eigenvalue weighted by atomic mass is 9.90. The number of carboxylic acids is 1. The normalized spacial score (nSPS) is 19.0. The van der Waals surface area contributed by atoms with E-state index in [0.29, 0.717) is 21.3 Å². The predicted octanol–water partition coefficient (Wildman–Crippen LogP) is 5.23. The van der Waals surface area contributed by atoms with Crippen LogP contribution >= 0.6 is 23.2 Å². The Morgan fingerprint density at radius 1 is 0.968 bits per heavy atom. The zero-order valence-electron chi connectivity index (χ0n) is 16.2. The SMILES string of the molecule is O=C(O)C1CC(NC(=O)C2c3ccccc3-c3ccccc32)c2c(Cl)cc(Cl)cc2N1. The quantitative estimate of drug-likeness (QED) is 0.508. The molecule has 0 bridgehead atoms. The molecule has 1 aliphatic carbocycles. The first-order valence-electron chi connectivity index (χ1n) is 9.91. The number of nitrogens with one attached hydrogen (secondary N) is 2. The van der Waals surface area contributed by atoms with Gasteiger partial charge in [-0.2, -0.15) is 0 Å². The third-order valence-electron chi connectivity index (χ3n) is 5.95. The van der Waals surface area contributed by atoms with Crippen LogP contribution in [-0.4, -0.2) is 23.0 Å². The average Bonchev–Trinajstić information content (AvgIpc) is 3.07. The summed E-state index contributed by atoms with van der Waals surface area (Å²) in [6.07, 6.45) is 0.172. The van der Waals surface area contributed by atoms with Crippen molar-refractivity contribution in [3.8, 4) is 11.1 Å². The summed E-state index contributed by atoms with van der Waals surface area (Å²) < 4.78 is 0.